The first kappa shape index (κ1) is 11.9. The summed E-state index contributed by atoms with van der Waals surface area (Å²) < 4.78 is 0. The molecule has 2 saturated carbocycles. The molecular formula is C13H24N2O. The molecule has 3 heteroatoms. The Morgan fingerprint density at radius 1 is 1.25 bits per heavy atom. The van der Waals surface area contributed by atoms with Crippen LogP contribution in [0.4, 0.5) is 0 Å². The molecule has 0 bridgehead atoms. The first-order valence-electron chi connectivity index (χ1n) is 6.61. The van der Waals surface area contributed by atoms with Crippen LogP contribution >= 0.6 is 0 Å². The number of hydrogen-bond acceptors (Lipinski definition) is 2. The third-order valence-electron chi connectivity index (χ3n) is 4.01. The molecule has 1 amide bonds. The van der Waals surface area contributed by atoms with Gasteiger partial charge in [-0.05, 0) is 31.1 Å². The van der Waals surface area contributed by atoms with Gasteiger partial charge in [0, 0.05) is 25.0 Å². The molecule has 2 fully saturated rings. The van der Waals surface area contributed by atoms with Gasteiger partial charge in [0.2, 0.25) is 5.91 Å². The van der Waals surface area contributed by atoms with Gasteiger partial charge in [0.25, 0.3) is 0 Å². The molecule has 2 rings (SSSR count). The zero-order chi connectivity index (χ0) is 11.6. The van der Waals surface area contributed by atoms with Gasteiger partial charge in [-0.2, -0.15) is 0 Å². The van der Waals surface area contributed by atoms with Gasteiger partial charge in [-0.1, -0.05) is 20.3 Å². The number of rotatable bonds is 5. The smallest absolute Gasteiger partial charge is 0.223 e. The summed E-state index contributed by atoms with van der Waals surface area (Å²) in [6, 6.07) is 0.736. The first-order valence-corrected chi connectivity index (χ1v) is 6.61. The summed E-state index contributed by atoms with van der Waals surface area (Å²) in [6.07, 6.45) is 6.07. The van der Waals surface area contributed by atoms with Gasteiger partial charge in [-0.25, -0.2) is 0 Å². The highest BCUT2D eigenvalue weighted by molar-refractivity contribution is 5.79. The number of amides is 1. The van der Waals surface area contributed by atoms with Crippen molar-refractivity contribution in [1.29, 1.82) is 0 Å². The van der Waals surface area contributed by atoms with E-state index in [0.29, 0.717) is 0 Å². The lowest BCUT2D eigenvalue weighted by molar-refractivity contribution is -0.127. The molecule has 0 spiro atoms. The fourth-order valence-corrected chi connectivity index (χ4v) is 2.69. The Kier molecular flexibility index (Phi) is 3.53. The number of carbonyl (C=O) groups excluding carboxylic acids is 1. The van der Waals surface area contributed by atoms with Crippen LogP contribution in [0.25, 0.3) is 0 Å². The molecule has 1 unspecified atom stereocenters. The minimum Gasteiger partial charge on any atom is -0.355 e. The van der Waals surface area contributed by atoms with E-state index in [1.165, 1.54) is 25.7 Å². The number of hydrogen-bond donors (Lipinski definition) is 2. The largest absolute Gasteiger partial charge is 0.355 e. The number of carbonyl (C=O) groups is 1. The van der Waals surface area contributed by atoms with Crippen LogP contribution < -0.4 is 10.6 Å². The van der Waals surface area contributed by atoms with Crippen molar-refractivity contribution in [2.24, 2.45) is 11.3 Å². The third kappa shape index (κ3) is 2.97. The van der Waals surface area contributed by atoms with Gasteiger partial charge in [0.1, 0.15) is 0 Å². The quantitative estimate of drug-likeness (QED) is 0.698. The zero-order valence-electron chi connectivity index (χ0n) is 10.5. The predicted molar refractivity (Wildman–Crippen MR) is 65.2 cm³/mol. The van der Waals surface area contributed by atoms with Crippen molar-refractivity contribution in [3.05, 3.63) is 0 Å². The Bertz CT molecular complexity index is 259. The normalized spacial score (nSPS) is 28.0. The van der Waals surface area contributed by atoms with Crippen molar-refractivity contribution in [2.45, 2.75) is 52.0 Å². The van der Waals surface area contributed by atoms with Crippen molar-refractivity contribution in [3.63, 3.8) is 0 Å². The molecule has 0 heterocycles. The average molecular weight is 224 g/mol. The predicted octanol–water partition coefficient (Wildman–Crippen LogP) is 1.68. The second kappa shape index (κ2) is 4.74. The molecule has 0 saturated heterocycles. The summed E-state index contributed by atoms with van der Waals surface area (Å²) in [5.41, 5.74) is 0.202. The van der Waals surface area contributed by atoms with Crippen LogP contribution in [-0.2, 0) is 4.79 Å². The molecule has 0 radical (unpaired) electrons. The molecule has 92 valence electrons. The topological polar surface area (TPSA) is 41.1 Å². The van der Waals surface area contributed by atoms with Gasteiger partial charge in [-0.3, -0.25) is 4.79 Å². The van der Waals surface area contributed by atoms with E-state index in [0.717, 1.165) is 25.6 Å². The molecule has 16 heavy (non-hydrogen) atoms. The van der Waals surface area contributed by atoms with Crippen molar-refractivity contribution in [2.75, 3.05) is 13.1 Å². The van der Waals surface area contributed by atoms with Crippen LogP contribution in [0.5, 0.6) is 0 Å². The Morgan fingerprint density at radius 3 is 2.56 bits per heavy atom. The molecule has 3 nitrogen and oxygen atoms in total. The first-order chi connectivity index (χ1) is 7.59. The molecule has 0 aromatic rings. The fraction of sp³-hybridized carbons (Fsp3) is 0.923. The summed E-state index contributed by atoms with van der Waals surface area (Å²) in [5.74, 6) is 0.494. The van der Waals surface area contributed by atoms with E-state index in [9.17, 15) is 4.79 Å². The fourth-order valence-electron chi connectivity index (χ4n) is 2.69. The van der Waals surface area contributed by atoms with Crippen LogP contribution in [-0.4, -0.2) is 25.0 Å². The van der Waals surface area contributed by atoms with E-state index in [1.807, 2.05) is 0 Å². The van der Waals surface area contributed by atoms with Gasteiger partial charge in [-0.15, -0.1) is 0 Å². The lowest BCUT2D eigenvalue weighted by Gasteiger charge is -2.25. The monoisotopic (exact) mass is 224 g/mol. The lowest BCUT2D eigenvalue weighted by atomic mass is 9.81. The molecule has 0 aromatic carbocycles. The summed E-state index contributed by atoms with van der Waals surface area (Å²) in [6.45, 7) is 6.13. The summed E-state index contributed by atoms with van der Waals surface area (Å²) in [5, 5.41) is 6.47. The molecule has 2 N–H and O–H groups in total. The Balaban J connectivity index is 1.66. The average Bonchev–Trinajstić information content (AvgIpc) is 2.96. The maximum Gasteiger partial charge on any atom is 0.223 e. The van der Waals surface area contributed by atoms with E-state index in [2.05, 4.69) is 24.5 Å². The minimum atomic E-state index is 0.202. The second-order valence-electron chi connectivity index (χ2n) is 5.95. The minimum absolute atomic E-state index is 0.202. The van der Waals surface area contributed by atoms with E-state index in [-0.39, 0.29) is 17.2 Å². The number of nitrogens with one attached hydrogen (secondary N) is 2. The van der Waals surface area contributed by atoms with Crippen LogP contribution in [0.3, 0.4) is 0 Å². The SMILES string of the molecule is CC1(C)CCCC1C(=O)NCCNC1CC1. The highest BCUT2D eigenvalue weighted by atomic mass is 16.1. The van der Waals surface area contributed by atoms with Crippen molar-refractivity contribution < 1.29 is 4.79 Å². The van der Waals surface area contributed by atoms with E-state index < -0.39 is 0 Å². The summed E-state index contributed by atoms with van der Waals surface area (Å²) in [7, 11) is 0. The Labute approximate surface area is 98.4 Å². The van der Waals surface area contributed by atoms with Gasteiger partial charge in [0.15, 0.2) is 0 Å². The molecule has 0 aliphatic heterocycles. The second-order valence-corrected chi connectivity index (χ2v) is 5.95. The standard InChI is InChI=1S/C13H24N2O/c1-13(2)7-3-4-11(13)12(16)15-9-8-14-10-5-6-10/h10-11,14H,3-9H2,1-2H3,(H,15,16). The van der Waals surface area contributed by atoms with Crippen LogP contribution in [0, 0.1) is 11.3 Å². The van der Waals surface area contributed by atoms with Gasteiger partial charge in [0.05, 0.1) is 0 Å². The maximum absolute atomic E-state index is 12.0. The maximum atomic E-state index is 12.0. The Morgan fingerprint density at radius 2 is 2.00 bits per heavy atom. The highest BCUT2D eigenvalue weighted by Gasteiger charge is 2.38. The van der Waals surface area contributed by atoms with Crippen molar-refractivity contribution in [1.82, 2.24) is 10.6 Å². The van der Waals surface area contributed by atoms with Crippen LogP contribution in [0.1, 0.15) is 46.0 Å². The van der Waals surface area contributed by atoms with E-state index >= 15 is 0 Å². The zero-order valence-corrected chi connectivity index (χ0v) is 10.5. The van der Waals surface area contributed by atoms with E-state index in [1.54, 1.807) is 0 Å². The van der Waals surface area contributed by atoms with Gasteiger partial charge < -0.3 is 10.6 Å². The molecule has 1 atom stereocenters. The van der Waals surface area contributed by atoms with Gasteiger partial charge >= 0.3 is 0 Å². The van der Waals surface area contributed by atoms with Crippen LogP contribution in [0.2, 0.25) is 0 Å². The van der Waals surface area contributed by atoms with E-state index in [4.69, 9.17) is 0 Å². The van der Waals surface area contributed by atoms with Crippen LogP contribution in [0.15, 0.2) is 0 Å². The van der Waals surface area contributed by atoms with Crippen molar-refractivity contribution in [3.8, 4) is 0 Å². The molecule has 0 aromatic heterocycles. The molecule has 2 aliphatic carbocycles. The summed E-state index contributed by atoms with van der Waals surface area (Å²) >= 11 is 0. The van der Waals surface area contributed by atoms with Crippen molar-refractivity contribution >= 4 is 5.91 Å². The lowest BCUT2D eigenvalue weighted by Crippen LogP contribution is -2.39. The third-order valence-corrected chi connectivity index (χ3v) is 4.01. The summed E-state index contributed by atoms with van der Waals surface area (Å²) in [4.78, 5) is 12.0. The Hall–Kier alpha value is -0.570. The molecular weight excluding hydrogens is 200 g/mol. The molecule has 2 aliphatic rings. The highest BCUT2D eigenvalue weighted by Crippen LogP contribution is 2.42.